The van der Waals surface area contributed by atoms with Crippen LogP contribution in [0.25, 0.3) is 5.69 Å². The molecule has 0 aliphatic rings. The maximum absolute atomic E-state index is 12.2. The molecule has 3 N–H and O–H groups in total. The van der Waals surface area contributed by atoms with Crippen molar-refractivity contribution < 1.29 is 4.79 Å². The third kappa shape index (κ3) is 2.84. The predicted molar refractivity (Wildman–Crippen MR) is 80.0 cm³/mol. The molecule has 2 rings (SSSR count). The number of amides is 1. The van der Waals surface area contributed by atoms with Gasteiger partial charge in [-0.05, 0) is 32.0 Å². The van der Waals surface area contributed by atoms with Crippen molar-refractivity contribution in [3.8, 4) is 5.69 Å². The summed E-state index contributed by atoms with van der Waals surface area (Å²) in [6.07, 6.45) is 3.42. The van der Waals surface area contributed by atoms with Crippen LogP contribution in [0.3, 0.4) is 0 Å². The van der Waals surface area contributed by atoms with Gasteiger partial charge in [-0.1, -0.05) is 17.7 Å². The van der Waals surface area contributed by atoms with Gasteiger partial charge in [0, 0.05) is 18.9 Å². The molecule has 106 valence electrons. The summed E-state index contributed by atoms with van der Waals surface area (Å²) in [6, 6.07) is 7.11. The number of anilines is 1. The summed E-state index contributed by atoms with van der Waals surface area (Å²) in [6.45, 7) is 3.84. The number of carbonyl (C=O) groups is 1. The van der Waals surface area contributed by atoms with E-state index in [-0.39, 0.29) is 12.5 Å². The fraction of sp³-hybridized carbons (Fsp3) is 0.286. The van der Waals surface area contributed by atoms with Gasteiger partial charge in [-0.2, -0.15) is 5.10 Å². The van der Waals surface area contributed by atoms with Gasteiger partial charge in [0.15, 0.2) is 0 Å². The number of aromatic nitrogens is 2. The summed E-state index contributed by atoms with van der Waals surface area (Å²) >= 11 is 6.22. The standard InChI is InChI=1S/C14H17ClN4O/c1-14(2,9-16)13(20)18-11-6-3-5-10(15)12(11)19-8-4-7-17-19/h3-8H,9,16H2,1-2H3,(H,18,20). The average Bonchev–Trinajstić information content (AvgIpc) is 2.92. The van der Waals surface area contributed by atoms with E-state index in [0.717, 1.165) is 0 Å². The Balaban J connectivity index is 2.39. The predicted octanol–water partition coefficient (Wildman–Crippen LogP) is 2.45. The van der Waals surface area contributed by atoms with Crippen LogP contribution in [-0.2, 0) is 4.79 Å². The molecular formula is C14H17ClN4O. The summed E-state index contributed by atoms with van der Waals surface area (Å²) in [7, 11) is 0. The molecule has 0 aliphatic heterocycles. The molecule has 20 heavy (non-hydrogen) atoms. The van der Waals surface area contributed by atoms with Gasteiger partial charge in [-0.25, -0.2) is 4.68 Å². The van der Waals surface area contributed by atoms with Crippen LogP contribution in [0.5, 0.6) is 0 Å². The number of benzene rings is 1. The number of nitrogens with zero attached hydrogens (tertiary/aromatic N) is 2. The average molecular weight is 293 g/mol. The number of nitrogens with one attached hydrogen (secondary N) is 1. The van der Waals surface area contributed by atoms with Gasteiger partial charge >= 0.3 is 0 Å². The largest absolute Gasteiger partial charge is 0.329 e. The summed E-state index contributed by atoms with van der Waals surface area (Å²) in [5.74, 6) is -0.157. The minimum atomic E-state index is -0.649. The van der Waals surface area contributed by atoms with Crippen molar-refractivity contribution in [1.29, 1.82) is 0 Å². The summed E-state index contributed by atoms with van der Waals surface area (Å²) < 4.78 is 1.62. The highest BCUT2D eigenvalue weighted by Crippen LogP contribution is 2.29. The van der Waals surface area contributed by atoms with Crippen molar-refractivity contribution in [2.75, 3.05) is 11.9 Å². The van der Waals surface area contributed by atoms with Crippen LogP contribution in [0.15, 0.2) is 36.7 Å². The van der Waals surface area contributed by atoms with E-state index in [1.165, 1.54) is 0 Å². The van der Waals surface area contributed by atoms with Crippen LogP contribution in [-0.4, -0.2) is 22.2 Å². The number of hydrogen-bond acceptors (Lipinski definition) is 3. The molecule has 0 bridgehead atoms. The molecule has 2 aromatic rings. The molecule has 0 saturated heterocycles. The third-order valence-electron chi connectivity index (χ3n) is 3.09. The van der Waals surface area contributed by atoms with Crippen LogP contribution in [0, 0.1) is 5.41 Å². The highest BCUT2D eigenvalue weighted by Gasteiger charge is 2.26. The van der Waals surface area contributed by atoms with Gasteiger partial charge in [0.1, 0.15) is 5.69 Å². The SMILES string of the molecule is CC(C)(CN)C(=O)Nc1cccc(Cl)c1-n1cccn1. The molecular weight excluding hydrogens is 276 g/mol. The van der Waals surface area contributed by atoms with Crippen molar-refractivity contribution in [1.82, 2.24) is 9.78 Å². The van der Waals surface area contributed by atoms with Crippen molar-refractivity contribution in [3.63, 3.8) is 0 Å². The molecule has 0 spiro atoms. The van der Waals surface area contributed by atoms with Gasteiger partial charge < -0.3 is 11.1 Å². The molecule has 6 heteroatoms. The van der Waals surface area contributed by atoms with E-state index in [1.807, 2.05) is 0 Å². The van der Waals surface area contributed by atoms with E-state index < -0.39 is 5.41 Å². The Labute approximate surface area is 122 Å². The molecule has 0 saturated carbocycles. The molecule has 1 aromatic carbocycles. The molecule has 1 aromatic heterocycles. The number of hydrogen-bond donors (Lipinski definition) is 2. The first kappa shape index (κ1) is 14.6. The molecule has 0 radical (unpaired) electrons. The van der Waals surface area contributed by atoms with Gasteiger partial charge in [-0.15, -0.1) is 0 Å². The Hall–Kier alpha value is -1.85. The smallest absolute Gasteiger partial charge is 0.231 e. The zero-order valence-electron chi connectivity index (χ0n) is 11.4. The molecule has 0 aliphatic carbocycles. The number of nitrogens with two attached hydrogens (primary N) is 1. The fourth-order valence-electron chi connectivity index (χ4n) is 1.63. The Morgan fingerprint density at radius 1 is 1.45 bits per heavy atom. The second kappa shape index (κ2) is 5.64. The number of para-hydroxylation sites is 1. The number of rotatable bonds is 4. The lowest BCUT2D eigenvalue weighted by molar-refractivity contribution is -0.123. The molecule has 0 unspecified atom stereocenters. The number of carbonyl (C=O) groups excluding carboxylic acids is 1. The zero-order chi connectivity index (χ0) is 14.8. The van der Waals surface area contributed by atoms with Crippen molar-refractivity contribution in [2.45, 2.75) is 13.8 Å². The Morgan fingerprint density at radius 3 is 2.80 bits per heavy atom. The first-order valence-corrected chi connectivity index (χ1v) is 6.63. The Morgan fingerprint density at radius 2 is 2.20 bits per heavy atom. The minimum absolute atomic E-state index is 0.157. The van der Waals surface area contributed by atoms with Gasteiger partial charge in [0.2, 0.25) is 5.91 Å². The van der Waals surface area contributed by atoms with E-state index in [1.54, 1.807) is 55.2 Å². The van der Waals surface area contributed by atoms with Crippen LogP contribution < -0.4 is 11.1 Å². The lowest BCUT2D eigenvalue weighted by Gasteiger charge is -2.22. The monoisotopic (exact) mass is 292 g/mol. The lowest BCUT2D eigenvalue weighted by atomic mass is 9.92. The van der Waals surface area contributed by atoms with E-state index in [2.05, 4.69) is 10.4 Å². The first-order chi connectivity index (χ1) is 9.45. The van der Waals surface area contributed by atoms with Crippen LogP contribution in [0.1, 0.15) is 13.8 Å². The van der Waals surface area contributed by atoms with Gasteiger partial charge in [0.25, 0.3) is 0 Å². The summed E-state index contributed by atoms with van der Waals surface area (Å²) in [4.78, 5) is 12.2. The van der Waals surface area contributed by atoms with E-state index in [0.29, 0.717) is 16.4 Å². The summed E-state index contributed by atoms with van der Waals surface area (Å²) in [5.41, 5.74) is 6.21. The molecule has 1 amide bonds. The first-order valence-electron chi connectivity index (χ1n) is 6.26. The Kier molecular flexibility index (Phi) is 4.11. The highest BCUT2D eigenvalue weighted by molar-refractivity contribution is 6.33. The lowest BCUT2D eigenvalue weighted by Crippen LogP contribution is -2.37. The third-order valence-corrected chi connectivity index (χ3v) is 3.40. The normalized spacial score (nSPS) is 11.4. The van der Waals surface area contributed by atoms with Crippen LogP contribution in [0.4, 0.5) is 5.69 Å². The molecule has 5 nitrogen and oxygen atoms in total. The zero-order valence-corrected chi connectivity index (χ0v) is 12.2. The second-order valence-electron chi connectivity index (χ2n) is 5.13. The highest BCUT2D eigenvalue weighted by atomic mass is 35.5. The topological polar surface area (TPSA) is 72.9 Å². The van der Waals surface area contributed by atoms with E-state index in [9.17, 15) is 4.79 Å². The van der Waals surface area contributed by atoms with E-state index in [4.69, 9.17) is 17.3 Å². The quantitative estimate of drug-likeness (QED) is 0.909. The van der Waals surface area contributed by atoms with Crippen LogP contribution >= 0.6 is 11.6 Å². The fourth-order valence-corrected chi connectivity index (χ4v) is 1.90. The van der Waals surface area contributed by atoms with Crippen molar-refractivity contribution >= 4 is 23.2 Å². The van der Waals surface area contributed by atoms with Crippen molar-refractivity contribution in [3.05, 3.63) is 41.7 Å². The summed E-state index contributed by atoms with van der Waals surface area (Å²) in [5, 5.41) is 7.53. The van der Waals surface area contributed by atoms with E-state index >= 15 is 0 Å². The molecule has 1 heterocycles. The van der Waals surface area contributed by atoms with Crippen molar-refractivity contribution in [2.24, 2.45) is 11.1 Å². The maximum atomic E-state index is 12.2. The Bertz CT molecular complexity index is 608. The van der Waals surface area contributed by atoms with Gasteiger partial charge in [-0.3, -0.25) is 4.79 Å². The minimum Gasteiger partial charge on any atom is -0.329 e. The molecule has 0 atom stereocenters. The molecule has 0 fully saturated rings. The maximum Gasteiger partial charge on any atom is 0.231 e. The second-order valence-corrected chi connectivity index (χ2v) is 5.54. The van der Waals surface area contributed by atoms with Gasteiger partial charge in [0.05, 0.1) is 16.1 Å². The number of halogens is 1. The van der Waals surface area contributed by atoms with Crippen LogP contribution in [0.2, 0.25) is 5.02 Å².